The molecule has 0 spiro atoms. The Morgan fingerprint density at radius 1 is 1.60 bits per heavy atom. The van der Waals surface area contributed by atoms with Crippen LogP contribution in [-0.4, -0.2) is 19.1 Å². The Morgan fingerprint density at radius 3 is 2.70 bits per heavy atom. The van der Waals surface area contributed by atoms with Gasteiger partial charge in [-0.2, -0.15) is 0 Å². The summed E-state index contributed by atoms with van der Waals surface area (Å²) < 4.78 is 0. The maximum Gasteiger partial charge on any atom is 0.0187 e. The normalized spacial score (nSPS) is 21.0. The van der Waals surface area contributed by atoms with Gasteiger partial charge in [-0.1, -0.05) is 6.92 Å². The van der Waals surface area contributed by atoms with Crippen molar-refractivity contribution in [3.05, 3.63) is 0 Å². The maximum absolute atomic E-state index is 5.53. The zero-order valence-corrected chi connectivity index (χ0v) is 6.77. The number of hydrogen-bond donors (Lipinski definition) is 2. The van der Waals surface area contributed by atoms with Crippen LogP contribution in [0.15, 0.2) is 0 Å². The molecule has 1 fully saturated rings. The van der Waals surface area contributed by atoms with Gasteiger partial charge in [-0.3, -0.25) is 0 Å². The molecule has 1 unspecified atom stereocenters. The van der Waals surface area contributed by atoms with E-state index >= 15 is 0 Å². The first-order valence-corrected chi connectivity index (χ1v) is 4.30. The van der Waals surface area contributed by atoms with Gasteiger partial charge in [0.2, 0.25) is 0 Å². The van der Waals surface area contributed by atoms with Gasteiger partial charge in [0.25, 0.3) is 0 Å². The van der Waals surface area contributed by atoms with E-state index in [2.05, 4.69) is 12.2 Å². The Morgan fingerprint density at radius 2 is 2.30 bits per heavy atom. The lowest BCUT2D eigenvalue weighted by molar-refractivity contribution is 0.491. The molecule has 0 aromatic heterocycles. The highest BCUT2D eigenvalue weighted by molar-refractivity contribution is 4.77. The summed E-state index contributed by atoms with van der Waals surface area (Å²) in [7, 11) is 0. The molecule has 1 saturated carbocycles. The van der Waals surface area contributed by atoms with Gasteiger partial charge in [0, 0.05) is 12.6 Å². The molecule has 0 bridgehead atoms. The fourth-order valence-electron chi connectivity index (χ4n) is 1.05. The molecule has 0 aromatic rings. The summed E-state index contributed by atoms with van der Waals surface area (Å²) in [6.07, 6.45) is 4.01. The van der Waals surface area contributed by atoms with Crippen molar-refractivity contribution in [2.24, 2.45) is 11.7 Å². The van der Waals surface area contributed by atoms with Crippen molar-refractivity contribution in [2.75, 3.05) is 13.1 Å². The van der Waals surface area contributed by atoms with Crippen LogP contribution < -0.4 is 11.1 Å². The topological polar surface area (TPSA) is 38.0 Å². The van der Waals surface area contributed by atoms with Crippen LogP contribution in [0.3, 0.4) is 0 Å². The molecule has 10 heavy (non-hydrogen) atoms. The number of nitrogens with one attached hydrogen (secondary N) is 1. The van der Waals surface area contributed by atoms with Gasteiger partial charge in [0.05, 0.1) is 0 Å². The molecule has 3 N–H and O–H groups in total. The summed E-state index contributed by atoms with van der Waals surface area (Å²) in [5.74, 6) is 0.973. The minimum absolute atomic E-state index is 0.556. The van der Waals surface area contributed by atoms with Crippen molar-refractivity contribution in [1.82, 2.24) is 5.32 Å². The SMILES string of the molecule is CCC(CN)NCC1CC1. The molecule has 0 radical (unpaired) electrons. The summed E-state index contributed by atoms with van der Waals surface area (Å²) in [6, 6.07) is 0.556. The third-order valence-corrected chi connectivity index (χ3v) is 2.17. The lowest BCUT2D eigenvalue weighted by Gasteiger charge is -2.13. The zero-order valence-electron chi connectivity index (χ0n) is 6.77. The van der Waals surface area contributed by atoms with E-state index in [1.165, 1.54) is 19.4 Å². The second-order valence-corrected chi connectivity index (χ2v) is 3.19. The van der Waals surface area contributed by atoms with Crippen molar-refractivity contribution in [1.29, 1.82) is 0 Å². The predicted octanol–water partition coefficient (Wildman–Crippen LogP) is 0.723. The van der Waals surface area contributed by atoms with Crippen LogP contribution in [0.1, 0.15) is 26.2 Å². The number of hydrogen-bond acceptors (Lipinski definition) is 2. The summed E-state index contributed by atoms with van der Waals surface area (Å²) >= 11 is 0. The van der Waals surface area contributed by atoms with Crippen LogP contribution in [0.5, 0.6) is 0 Å². The first-order chi connectivity index (χ1) is 4.86. The monoisotopic (exact) mass is 142 g/mol. The van der Waals surface area contributed by atoms with Crippen molar-refractivity contribution in [3.63, 3.8) is 0 Å². The molecule has 2 nitrogen and oxygen atoms in total. The van der Waals surface area contributed by atoms with Crippen LogP contribution in [0.25, 0.3) is 0 Å². The molecule has 0 aliphatic heterocycles. The number of nitrogens with two attached hydrogens (primary N) is 1. The molecule has 60 valence electrons. The molecular formula is C8H18N2. The summed E-state index contributed by atoms with van der Waals surface area (Å²) in [5, 5.41) is 3.46. The Hall–Kier alpha value is -0.0800. The smallest absolute Gasteiger partial charge is 0.0187 e. The Bertz CT molecular complexity index is 85.3. The molecule has 1 aliphatic carbocycles. The molecule has 2 heteroatoms. The van der Waals surface area contributed by atoms with Crippen molar-refractivity contribution >= 4 is 0 Å². The highest BCUT2D eigenvalue weighted by atomic mass is 14.9. The lowest BCUT2D eigenvalue weighted by atomic mass is 10.2. The minimum atomic E-state index is 0.556. The van der Waals surface area contributed by atoms with E-state index in [4.69, 9.17) is 5.73 Å². The fourth-order valence-corrected chi connectivity index (χ4v) is 1.05. The zero-order chi connectivity index (χ0) is 7.40. The average Bonchev–Trinajstić information content (AvgIpc) is 2.74. The first-order valence-electron chi connectivity index (χ1n) is 4.30. The van der Waals surface area contributed by atoms with Crippen molar-refractivity contribution < 1.29 is 0 Å². The molecule has 1 atom stereocenters. The van der Waals surface area contributed by atoms with E-state index in [1.54, 1.807) is 0 Å². The van der Waals surface area contributed by atoms with E-state index in [-0.39, 0.29) is 0 Å². The van der Waals surface area contributed by atoms with Gasteiger partial charge in [-0.05, 0) is 31.7 Å². The predicted molar refractivity (Wildman–Crippen MR) is 43.9 cm³/mol. The maximum atomic E-state index is 5.53. The second-order valence-electron chi connectivity index (χ2n) is 3.19. The lowest BCUT2D eigenvalue weighted by Crippen LogP contribution is -2.36. The Balaban J connectivity index is 1.97. The minimum Gasteiger partial charge on any atom is -0.329 e. The Kier molecular flexibility index (Phi) is 3.16. The summed E-state index contributed by atoms with van der Waals surface area (Å²) in [6.45, 7) is 4.15. The Labute approximate surface area is 63.2 Å². The molecule has 1 aliphatic rings. The standard InChI is InChI=1S/C8H18N2/c1-2-8(5-9)10-6-7-3-4-7/h7-8,10H,2-6,9H2,1H3. The van der Waals surface area contributed by atoms with Crippen LogP contribution in [-0.2, 0) is 0 Å². The van der Waals surface area contributed by atoms with E-state index in [0.717, 1.165) is 18.9 Å². The molecule has 0 heterocycles. The molecule has 0 saturated heterocycles. The van der Waals surface area contributed by atoms with Crippen molar-refractivity contribution in [2.45, 2.75) is 32.2 Å². The van der Waals surface area contributed by atoms with Gasteiger partial charge in [-0.15, -0.1) is 0 Å². The third-order valence-electron chi connectivity index (χ3n) is 2.17. The molecule has 0 aromatic carbocycles. The summed E-state index contributed by atoms with van der Waals surface area (Å²) in [4.78, 5) is 0. The van der Waals surface area contributed by atoms with Gasteiger partial charge >= 0.3 is 0 Å². The highest BCUT2D eigenvalue weighted by Crippen LogP contribution is 2.27. The van der Waals surface area contributed by atoms with Gasteiger partial charge in [-0.25, -0.2) is 0 Å². The first kappa shape index (κ1) is 8.02. The molecule has 1 rings (SSSR count). The van der Waals surface area contributed by atoms with Crippen LogP contribution in [0.4, 0.5) is 0 Å². The van der Waals surface area contributed by atoms with Gasteiger partial charge < -0.3 is 11.1 Å². The molecule has 0 amide bonds. The van der Waals surface area contributed by atoms with Crippen LogP contribution >= 0.6 is 0 Å². The average molecular weight is 142 g/mol. The van der Waals surface area contributed by atoms with Crippen LogP contribution in [0, 0.1) is 5.92 Å². The molecular weight excluding hydrogens is 124 g/mol. The summed E-state index contributed by atoms with van der Waals surface area (Å²) in [5.41, 5.74) is 5.53. The third kappa shape index (κ3) is 2.67. The van der Waals surface area contributed by atoms with E-state index in [9.17, 15) is 0 Å². The van der Waals surface area contributed by atoms with E-state index < -0.39 is 0 Å². The largest absolute Gasteiger partial charge is 0.329 e. The van der Waals surface area contributed by atoms with Gasteiger partial charge in [0.15, 0.2) is 0 Å². The van der Waals surface area contributed by atoms with E-state index in [1.807, 2.05) is 0 Å². The highest BCUT2D eigenvalue weighted by Gasteiger charge is 2.21. The number of rotatable bonds is 5. The van der Waals surface area contributed by atoms with E-state index in [0.29, 0.717) is 6.04 Å². The van der Waals surface area contributed by atoms with Crippen LogP contribution in [0.2, 0.25) is 0 Å². The van der Waals surface area contributed by atoms with Gasteiger partial charge in [0.1, 0.15) is 0 Å². The quantitative estimate of drug-likeness (QED) is 0.593. The second kappa shape index (κ2) is 3.94. The van der Waals surface area contributed by atoms with Crippen molar-refractivity contribution in [3.8, 4) is 0 Å². The fraction of sp³-hybridized carbons (Fsp3) is 1.00.